The standard InChI is InChI=1S/C17H21N3O2/c21-17(14-6-9-22-12-14)19-7-3-4-13(11-19)16-18-10-15-5-1-2-8-20(15)16/h6,9-10,12-13H,1-5,7-8,11H2. The smallest absolute Gasteiger partial charge is 0.257 e. The van der Waals surface area contributed by atoms with E-state index in [-0.39, 0.29) is 5.91 Å². The highest BCUT2D eigenvalue weighted by Gasteiger charge is 2.29. The highest BCUT2D eigenvalue weighted by molar-refractivity contribution is 5.93. The molecule has 116 valence electrons. The number of nitrogens with zero attached hydrogens (tertiary/aromatic N) is 3. The molecule has 0 bridgehead atoms. The number of aromatic nitrogens is 2. The summed E-state index contributed by atoms with van der Waals surface area (Å²) < 4.78 is 7.42. The number of carbonyl (C=O) groups is 1. The molecule has 1 fully saturated rings. The quantitative estimate of drug-likeness (QED) is 0.857. The van der Waals surface area contributed by atoms with E-state index in [0.717, 1.165) is 38.9 Å². The van der Waals surface area contributed by atoms with Crippen molar-refractivity contribution in [2.24, 2.45) is 0 Å². The number of likely N-dealkylation sites (tertiary alicyclic amines) is 1. The minimum atomic E-state index is 0.0730. The number of rotatable bonds is 2. The third kappa shape index (κ3) is 2.34. The number of hydrogen-bond donors (Lipinski definition) is 0. The summed E-state index contributed by atoms with van der Waals surface area (Å²) in [6.45, 7) is 2.67. The summed E-state index contributed by atoms with van der Waals surface area (Å²) in [5.74, 6) is 1.61. The highest BCUT2D eigenvalue weighted by Crippen LogP contribution is 2.29. The first-order valence-corrected chi connectivity index (χ1v) is 8.18. The molecule has 1 atom stereocenters. The molecule has 1 amide bonds. The van der Waals surface area contributed by atoms with Crippen molar-refractivity contribution >= 4 is 5.91 Å². The van der Waals surface area contributed by atoms with Gasteiger partial charge in [0.05, 0.1) is 11.8 Å². The molecule has 0 aliphatic carbocycles. The van der Waals surface area contributed by atoms with Crippen LogP contribution in [0, 0.1) is 0 Å². The summed E-state index contributed by atoms with van der Waals surface area (Å²) in [6, 6.07) is 1.74. The molecule has 1 unspecified atom stereocenters. The monoisotopic (exact) mass is 299 g/mol. The third-order valence-electron chi connectivity index (χ3n) is 4.88. The first-order valence-electron chi connectivity index (χ1n) is 8.18. The van der Waals surface area contributed by atoms with Crippen molar-refractivity contribution in [3.8, 4) is 0 Å². The van der Waals surface area contributed by atoms with Crippen molar-refractivity contribution in [2.45, 2.75) is 44.6 Å². The second-order valence-electron chi connectivity index (χ2n) is 6.32. The van der Waals surface area contributed by atoms with E-state index < -0.39 is 0 Å². The van der Waals surface area contributed by atoms with E-state index in [9.17, 15) is 4.79 Å². The molecular formula is C17H21N3O2. The molecule has 1 saturated heterocycles. The van der Waals surface area contributed by atoms with Crippen molar-refractivity contribution in [1.82, 2.24) is 14.5 Å². The summed E-state index contributed by atoms with van der Waals surface area (Å²) in [4.78, 5) is 19.1. The molecule has 22 heavy (non-hydrogen) atoms. The van der Waals surface area contributed by atoms with Crippen LogP contribution in [0.2, 0.25) is 0 Å². The van der Waals surface area contributed by atoms with Gasteiger partial charge >= 0.3 is 0 Å². The van der Waals surface area contributed by atoms with Gasteiger partial charge in [0.1, 0.15) is 12.1 Å². The van der Waals surface area contributed by atoms with Crippen LogP contribution >= 0.6 is 0 Å². The molecule has 5 heteroatoms. The van der Waals surface area contributed by atoms with Crippen LogP contribution in [-0.4, -0.2) is 33.4 Å². The van der Waals surface area contributed by atoms with E-state index in [2.05, 4.69) is 9.55 Å². The molecule has 2 aromatic rings. The van der Waals surface area contributed by atoms with Gasteiger partial charge < -0.3 is 13.9 Å². The Labute approximate surface area is 129 Å². The molecule has 0 saturated carbocycles. The normalized spacial score (nSPS) is 21.6. The zero-order valence-electron chi connectivity index (χ0n) is 12.7. The first-order chi connectivity index (χ1) is 10.8. The number of carbonyl (C=O) groups excluding carboxylic acids is 1. The highest BCUT2D eigenvalue weighted by atomic mass is 16.3. The molecular weight excluding hydrogens is 278 g/mol. The van der Waals surface area contributed by atoms with Crippen molar-refractivity contribution < 1.29 is 9.21 Å². The first kappa shape index (κ1) is 13.6. The van der Waals surface area contributed by atoms with Gasteiger partial charge in [-0.3, -0.25) is 4.79 Å². The fraction of sp³-hybridized carbons (Fsp3) is 0.529. The fourth-order valence-corrected chi connectivity index (χ4v) is 3.73. The minimum absolute atomic E-state index is 0.0730. The molecule has 4 heterocycles. The van der Waals surface area contributed by atoms with Gasteiger partial charge in [-0.1, -0.05) is 0 Å². The van der Waals surface area contributed by atoms with E-state index in [1.54, 1.807) is 12.3 Å². The molecule has 0 spiro atoms. The number of hydrogen-bond acceptors (Lipinski definition) is 3. The molecule has 0 aromatic carbocycles. The van der Waals surface area contributed by atoms with Gasteiger partial charge in [0, 0.05) is 37.4 Å². The summed E-state index contributed by atoms with van der Waals surface area (Å²) in [7, 11) is 0. The Morgan fingerprint density at radius 3 is 3.09 bits per heavy atom. The van der Waals surface area contributed by atoms with Gasteiger partial charge in [-0.2, -0.15) is 0 Å². The predicted octanol–water partition coefficient (Wildman–Crippen LogP) is 2.83. The topological polar surface area (TPSA) is 51.3 Å². The Morgan fingerprint density at radius 2 is 2.23 bits per heavy atom. The van der Waals surface area contributed by atoms with E-state index in [1.807, 2.05) is 11.1 Å². The molecule has 4 rings (SSSR count). The average molecular weight is 299 g/mol. The average Bonchev–Trinajstić information content (AvgIpc) is 3.24. The molecule has 2 aliphatic heterocycles. The van der Waals surface area contributed by atoms with Crippen molar-refractivity contribution in [3.05, 3.63) is 41.9 Å². The fourth-order valence-electron chi connectivity index (χ4n) is 3.73. The maximum atomic E-state index is 12.5. The van der Waals surface area contributed by atoms with Gasteiger partial charge in [-0.25, -0.2) is 4.98 Å². The van der Waals surface area contributed by atoms with Crippen LogP contribution in [0.25, 0.3) is 0 Å². The molecule has 2 aliphatic rings. The Bertz CT molecular complexity index is 660. The van der Waals surface area contributed by atoms with E-state index in [1.165, 1.54) is 30.6 Å². The lowest BCUT2D eigenvalue weighted by atomic mass is 9.96. The third-order valence-corrected chi connectivity index (χ3v) is 4.88. The molecule has 5 nitrogen and oxygen atoms in total. The number of fused-ring (bicyclic) bond motifs is 1. The molecule has 0 N–H and O–H groups in total. The van der Waals surface area contributed by atoms with Crippen LogP contribution in [0.5, 0.6) is 0 Å². The predicted molar refractivity (Wildman–Crippen MR) is 81.8 cm³/mol. The van der Waals surface area contributed by atoms with Crippen LogP contribution in [0.1, 0.15) is 53.5 Å². The van der Waals surface area contributed by atoms with Gasteiger partial charge in [0.15, 0.2) is 0 Å². The van der Waals surface area contributed by atoms with E-state index in [4.69, 9.17) is 4.42 Å². The SMILES string of the molecule is O=C(c1ccoc1)N1CCCC(c2ncc3n2CCCC3)C1. The zero-order chi connectivity index (χ0) is 14.9. The second kappa shape index (κ2) is 5.63. The zero-order valence-corrected chi connectivity index (χ0v) is 12.7. The van der Waals surface area contributed by atoms with E-state index in [0.29, 0.717) is 11.5 Å². The Hall–Kier alpha value is -2.04. The summed E-state index contributed by atoms with van der Waals surface area (Å²) in [5, 5.41) is 0. The number of piperidine rings is 1. The summed E-state index contributed by atoms with van der Waals surface area (Å²) in [6.07, 6.45) is 10.9. The van der Waals surface area contributed by atoms with Crippen LogP contribution in [0.3, 0.4) is 0 Å². The lowest BCUT2D eigenvalue weighted by Crippen LogP contribution is -2.39. The van der Waals surface area contributed by atoms with Crippen LogP contribution in [0.15, 0.2) is 29.2 Å². The number of aryl methyl sites for hydroxylation is 1. The Morgan fingerprint density at radius 1 is 1.27 bits per heavy atom. The lowest BCUT2D eigenvalue weighted by Gasteiger charge is -2.33. The van der Waals surface area contributed by atoms with Crippen LogP contribution in [0.4, 0.5) is 0 Å². The number of furan rings is 1. The van der Waals surface area contributed by atoms with Gasteiger partial charge in [0.2, 0.25) is 0 Å². The van der Waals surface area contributed by atoms with Crippen molar-refractivity contribution in [1.29, 1.82) is 0 Å². The van der Waals surface area contributed by atoms with Gasteiger partial charge in [-0.05, 0) is 38.2 Å². The maximum absolute atomic E-state index is 12.5. The lowest BCUT2D eigenvalue weighted by molar-refractivity contribution is 0.0702. The van der Waals surface area contributed by atoms with Crippen molar-refractivity contribution in [2.75, 3.05) is 13.1 Å². The van der Waals surface area contributed by atoms with Gasteiger partial charge in [0.25, 0.3) is 5.91 Å². The summed E-state index contributed by atoms with van der Waals surface area (Å²) in [5.41, 5.74) is 2.00. The number of imidazole rings is 1. The maximum Gasteiger partial charge on any atom is 0.257 e. The minimum Gasteiger partial charge on any atom is -0.472 e. The Kier molecular flexibility index (Phi) is 3.48. The largest absolute Gasteiger partial charge is 0.472 e. The van der Waals surface area contributed by atoms with E-state index >= 15 is 0 Å². The van der Waals surface area contributed by atoms with Crippen LogP contribution in [-0.2, 0) is 13.0 Å². The molecule has 2 aromatic heterocycles. The Balaban J connectivity index is 1.54. The summed E-state index contributed by atoms with van der Waals surface area (Å²) >= 11 is 0. The second-order valence-corrected chi connectivity index (χ2v) is 6.32. The number of amides is 1. The van der Waals surface area contributed by atoms with Crippen molar-refractivity contribution in [3.63, 3.8) is 0 Å². The van der Waals surface area contributed by atoms with Crippen LogP contribution < -0.4 is 0 Å². The van der Waals surface area contributed by atoms with Gasteiger partial charge in [-0.15, -0.1) is 0 Å². The molecule has 0 radical (unpaired) electrons.